The predicted molar refractivity (Wildman–Crippen MR) is 123 cm³/mol. The zero-order chi connectivity index (χ0) is 24.0. The number of ether oxygens (including phenoxy) is 2. The maximum atomic E-state index is 12.2. The number of aromatic amines is 1. The number of aromatic nitrogens is 1. The molecule has 0 unspecified atom stereocenters. The Kier molecular flexibility index (Phi) is 7.19. The number of amides is 1. The molecule has 0 fully saturated rings. The Balaban J connectivity index is 1.99. The topological polar surface area (TPSA) is 154 Å². The standard InChI is InChI=1S/C23H18ClN5O4/c1-2-32-18-8-14(21-15(10-25)22(27)29-23(31)16(21)11-26)17(24)9-19(18)33-12-20(30)28-13-6-4-3-5-7-13/h3-9H,2,12H2,1H3,(H,28,30)(H3,27,29,31). The number of hydrogen-bond donors (Lipinski definition) is 3. The SMILES string of the molecule is CCOc1cc(-c2c(C#N)c(N)[nH]c(=O)c2C#N)c(Cl)cc1OCC(=O)Nc1ccccc1. The van der Waals surface area contributed by atoms with E-state index in [4.69, 9.17) is 26.8 Å². The minimum absolute atomic E-state index is 0.0134. The van der Waals surface area contributed by atoms with Gasteiger partial charge in [0.1, 0.15) is 29.1 Å². The predicted octanol–water partition coefficient (Wildman–Crippen LogP) is 3.44. The number of H-pyrrole nitrogens is 1. The van der Waals surface area contributed by atoms with Crippen molar-refractivity contribution < 1.29 is 14.3 Å². The monoisotopic (exact) mass is 463 g/mol. The molecule has 0 radical (unpaired) electrons. The molecule has 0 saturated carbocycles. The van der Waals surface area contributed by atoms with Gasteiger partial charge in [-0.1, -0.05) is 29.8 Å². The molecule has 1 heterocycles. The van der Waals surface area contributed by atoms with Crippen LogP contribution >= 0.6 is 11.6 Å². The van der Waals surface area contributed by atoms with Gasteiger partial charge in [0.15, 0.2) is 18.1 Å². The lowest BCUT2D eigenvalue weighted by atomic mass is 9.96. The number of carbonyl (C=O) groups is 1. The zero-order valence-corrected chi connectivity index (χ0v) is 18.2. The second kappa shape index (κ2) is 10.2. The Morgan fingerprint density at radius 1 is 1.12 bits per heavy atom. The van der Waals surface area contributed by atoms with Gasteiger partial charge in [0.25, 0.3) is 11.5 Å². The molecule has 0 saturated heterocycles. The minimum atomic E-state index is -0.754. The highest BCUT2D eigenvalue weighted by atomic mass is 35.5. The molecule has 1 amide bonds. The highest BCUT2D eigenvalue weighted by Gasteiger charge is 2.22. The van der Waals surface area contributed by atoms with E-state index in [1.165, 1.54) is 12.1 Å². The maximum absolute atomic E-state index is 12.2. The molecule has 1 aromatic heterocycles. The van der Waals surface area contributed by atoms with E-state index in [-0.39, 0.29) is 57.8 Å². The van der Waals surface area contributed by atoms with Gasteiger partial charge in [-0.2, -0.15) is 10.5 Å². The van der Waals surface area contributed by atoms with Crippen LogP contribution in [0.2, 0.25) is 5.02 Å². The average Bonchev–Trinajstić information content (AvgIpc) is 2.79. The van der Waals surface area contributed by atoms with Crippen LogP contribution < -0.4 is 26.1 Å². The van der Waals surface area contributed by atoms with E-state index in [0.717, 1.165) is 0 Å². The van der Waals surface area contributed by atoms with E-state index in [1.807, 2.05) is 12.1 Å². The van der Waals surface area contributed by atoms with Crippen LogP contribution in [0.3, 0.4) is 0 Å². The number of carbonyl (C=O) groups excluding carboxylic acids is 1. The molecular weight excluding hydrogens is 446 g/mol. The third-order valence-electron chi connectivity index (χ3n) is 4.49. The summed E-state index contributed by atoms with van der Waals surface area (Å²) in [6.07, 6.45) is 0. The molecule has 3 aromatic rings. The number of halogens is 1. The zero-order valence-electron chi connectivity index (χ0n) is 17.4. The Morgan fingerprint density at radius 2 is 1.79 bits per heavy atom. The summed E-state index contributed by atoms with van der Waals surface area (Å²) in [7, 11) is 0. The molecule has 0 aliphatic heterocycles. The number of para-hydroxylation sites is 1. The minimum Gasteiger partial charge on any atom is -0.490 e. The summed E-state index contributed by atoms with van der Waals surface area (Å²) in [5, 5.41) is 21.8. The van der Waals surface area contributed by atoms with Crippen molar-refractivity contribution in [3.05, 3.63) is 69.0 Å². The van der Waals surface area contributed by atoms with Crippen LogP contribution in [0.25, 0.3) is 11.1 Å². The number of nitrogens with zero attached hydrogens (tertiary/aromatic N) is 2. The number of anilines is 2. The van der Waals surface area contributed by atoms with Crippen LogP contribution in [0.1, 0.15) is 18.1 Å². The third-order valence-corrected chi connectivity index (χ3v) is 4.80. The number of rotatable bonds is 7. The van der Waals surface area contributed by atoms with E-state index in [9.17, 15) is 20.1 Å². The lowest BCUT2D eigenvalue weighted by Crippen LogP contribution is -2.20. The van der Waals surface area contributed by atoms with Crippen molar-refractivity contribution in [2.75, 3.05) is 24.3 Å². The summed E-state index contributed by atoms with van der Waals surface area (Å²) in [4.78, 5) is 26.8. The Hall–Kier alpha value is -4.47. The summed E-state index contributed by atoms with van der Waals surface area (Å²) in [6.45, 7) is 1.67. The van der Waals surface area contributed by atoms with Crippen molar-refractivity contribution in [2.24, 2.45) is 0 Å². The van der Waals surface area contributed by atoms with Crippen LogP contribution in [0.15, 0.2) is 47.3 Å². The molecule has 10 heteroatoms. The molecule has 4 N–H and O–H groups in total. The quantitative estimate of drug-likeness (QED) is 0.484. The molecule has 0 aliphatic rings. The normalized spacial score (nSPS) is 10.1. The summed E-state index contributed by atoms with van der Waals surface area (Å²) in [5.74, 6) is -0.215. The van der Waals surface area contributed by atoms with E-state index in [1.54, 1.807) is 37.3 Å². The highest BCUT2D eigenvalue weighted by Crippen LogP contribution is 2.41. The Morgan fingerprint density at radius 3 is 2.42 bits per heavy atom. The van der Waals surface area contributed by atoms with Crippen molar-refractivity contribution in [3.63, 3.8) is 0 Å². The van der Waals surface area contributed by atoms with Gasteiger partial charge in [-0.15, -0.1) is 0 Å². The van der Waals surface area contributed by atoms with Gasteiger partial charge in [-0.05, 0) is 25.1 Å². The maximum Gasteiger partial charge on any atom is 0.268 e. The summed E-state index contributed by atoms with van der Waals surface area (Å²) >= 11 is 6.44. The molecule has 3 rings (SSSR count). The molecule has 0 atom stereocenters. The van der Waals surface area contributed by atoms with Gasteiger partial charge >= 0.3 is 0 Å². The first-order chi connectivity index (χ1) is 15.9. The lowest BCUT2D eigenvalue weighted by molar-refractivity contribution is -0.118. The molecule has 9 nitrogen and oxygen atoms in total. The van der Waals surface area contributed by atoms with Gasteiger partial charge in [0.05, 0.1) is 11.6 Å². The summed E-state index contributed by atoms with van der Waals surface area (Å²) in [6, 6.07) is 15.4. The van der Waals surface area contributed by atoms with Crippen molar-refractivity contribution in [1.82, 2.24) is 4.98 Å². The van der Waals surface area contributed by atoms with E-state index >= 15 is 0 Å². The van der Waals surface area contributed by atoms with Crippen molar-refractivity contribution in [2.45, 2.75) is 6.92 Å². The largest absolute Gasteiger partial charge is 0.490 e. The number of nitrogens with two attached hydrogens (primary N) is 1. The molecular formula is C23H18ClN5O4. The first-order valence-corrected chi connectivity index (χ1v) is 10.1. The van der Waals surface area contributed by atoms with Crippen molar-refractivity contribution in [3.8, 4) is 34.8 Å². The molecule has 2 aromatic carbocycles. The van der Waals surface area contributed by atoms with Crippen LogP contribution in [-0.4, -0.2) is 24.1 Å². The van der Waals surface area contributed by atoms with Gasteiger partial charge in [-0.3, -0.25) is 9.59 Å². The number of hydrogen-bond acceptors (Lipinski definition) is 7. The van der Waals surface area contributed by atoms with E-state index in [0.29, 0.717) is 5.69 Å². The van der Waals surface area contributed by atoms with Gasteiger partial charge in [0, 0.05) is 22.9 Å². The van der Waals surface area contributed by atoms with Crippen LogP contribution in [0.4, 0.5) is 11.5 Å². The smallest absolute Gasteiger partial charge is 0.268 e. The fourth-order valence-corrected chi connectivity index (χ4v) is 3.33. The first kappa shape index (κ1) is 23.2. The second-order valence-corrected chi connectivity index (χ2v) is 7.04. The number of nitrogen functional groups attached to an aromatic ring is 1. The van der Waals surface area contributed by atoms with Crippen molar-refractivity contribution in [1.29, 1.82) is 10.5 Å². The Bertz CT molecular complexity index is 1340. The number of nitriles is 2. The molecule has 166 valence electrons. The second-order valence-electron chi connectivity index (χ2n) is 6.63. The lowest BCUT2D eigenvalue weighted by Gasteiger charge is -2.16. The molecule has 0 aliphatic carbocycles. The van der Waals surface area contributed by atoms with Crippen LogP contribution in [0, 0.1) is 22.7 Å². The van der Waals surface area contributed by atoms with Crippen molar-refractivity contribution >= 4 is 29.0 Å². The Labute approximate surface area is 193 Å². The number of pyridine rings is 1. The third kappa shape index (κ3) is 5.06. The van der Waals surface area contributed by atoms with Gasteiger partial charge in [0.2, 0.25) is 0 Å². The number of benzene rings is 2. The summed E-state index contributed by atoms with van der Waals surface area (Å²) < 4.78 is 11.2. The fraction of sp³-hybridized carbons (Fsp3) is 0.130. The van der Waals surface area contributed by atoms with Gasteiger partial charge < -0.3 is 25.5 Å². The molecule has 33 heavy (non-hydrogen) atoms. The average molecular weight is 464 g/mol. The number of nitrogens with one attached hydrogen (secondary N) is 2. The molecule has 0 bridgehead atoms. The molecule has 0 spiro atoms. The highest BCUT2D eigenvalue weighted by molar-refractivity contribution is 6.33. The fourth-order valence-electron chi connectivity index (χ4n) is 3.08. The van der Waals surface area contributed by atoms with Crippen LogP contribution in [-0.2, 0) is 4.79 Å². The van der Waals surface area contributed by atoms with Gasteiger partial charge in [-0.25, -0.2) is 0 Å². The van der Waals surface area contributed by atoms with E-state index in [2.05, 4.69) is 10.3 Å². The van der Waals surface area contributed by atoms with E-state index < -0.39 is 11.5 Å². The van der Waals surface area contributed by atoms with Crippen LogP contribution in [0.5, 0.6) is 11.5 Å². The first-order valence-electron chi connectivity index (χ1n) is 9.69. The summed E-state index contributed by atoms with van der Waals surface area (Å²) in [5.41, 5.74) is 5.40.